The summed E-state index contributed by atoms with van der Waals surface area (Å²) in [5.74, 6) is -2.60. The Morgan fingerprint density at radius 3 is 2.50 bits per heavy atom. The minimum absolute atomic E-state index is 0.182. The first-order valence-electron chi connectivity index (χ1n) is 2.96. The van der Waals surface area contributed by atoms with E-state index in [1.807, 2.05) is 22.9 Å². The molecular formula is C5H8F2INO. The number of hydrogen-bond acceptors (Lipinski definition) is 2. The second kappa shape index (κ2) is 2.86. The molecule has 1 heterocycles. The molecule has 0 aromatic heterocycles. The van der Waals surface area contributed by atoms with Crippen molar-refractivity contribution >= 4 is 22.9 Å². The van der Waals surface area contributed by atoms with Crippen molar-refractivity contribution in [2.75, 3.05) is 13.2 Å². The van der Waals surface area contributed by atoms with E-state index in [-0.39, 0.29) is 25.6 Å². The predicted molar refractivity (Wildman–Crippen MR) is 41.2 cm³/mol. The molecule has 1 aliphatic rings. The molecule has 0 aliphatic carbocycles. The van der Waals surface area contributed by atoms with E-state index < -0.39 is 5.92 Å². The normalized spacial score (nSPS) is 33.0. The van der Waals surface area contributed by atoms with E-state index >= 15 is 0 Å². The average Bonchev–Trinajstić information content (AvgIpc) is 2.05. The fraction of sp³-hybridized carbons (Fsp3) is 1.00. The van der Waals surface area contributed by atoms with Gasteiger partial charge in [0, 0.05) is 35.3 Å². The molecular weight excluding hydrogens is 255 g/mol. The minimum atomic E-state index is -2.60. The van der Waals surface area contributed by atoms with Crippen LogP contribution in [0, 0.1) is 0 Å². The summed E-state index contributed by atoms with van der Waals surface area (Å²) < 4.78 is 26.4. The lowest BCUT2D eigenvalue weighted by Crippen LogP contribution is -2.22. The maximum absolute atomic E-state index is 12.5. The van der Waals surface area contributed by atoms with E-state index in [2.05, 4.69) is 0 Å². The standard InChI is InChI=1S/C5H8F2INO/c6-5(7)1-4(2-10)9(8)3-5/h4,10H,1-3H2. The van der Waals surface area contributed by atoms with Gasteiger partial charge >= 0.3 is 0 Å². The third kappa shape index (κ3) is 1.76. The third-order valence-corrected chi connectivity index (χ3v) is 2.65. The first-order valence-corrected chi connectivity index (χ1v) is 3.93. The van der Waals surface area contributed by atoms with Crippen molar-refractivity contribution in [3.63, 3.8) is 0 Å². The molecule has 1 N–H and O–H groups in total. The van der Waals surface area contributed by atoms with Crippen molar-refractivity contribution < 1.29 is 13.9 Å². The highest BCUT2D eigenvalue weighted by molar-refractivity contribution is 14.1. The SMILES string of the molecule is OCC1CC(F)(F)CN1I. The first-order chi connectivity index (χ1) is 4.55. The van der Waals surface area contributed by atoms with Crippen LogP contribution in [0.1, 0.15) is 6.42 Å². The number of aliphatic hydroxyl groups excluding tert-OH is 1. The number of aliphatic hydroxyl groups is 1. The second-order valence-electron chi connectivity index (χ2n) is 2.45. The van der Waals surface area contributed by atoms with Crippen molar-refractivity contribution in [2.24, 2.45) is 0 Å². The van der Waals surface area contributed by atoms with Crippen molar-refractivity contribution in [2.45, 2.75) is 18.4 Å². The van der Waals surface area contributed by atoms with Crippen LogP contribution in [0.2, 0.25) is 0 Å². The molecule has 0 aromatic rings. The van der Waals surface area contributed by atoms with Crippen LogP contribution in [-0.2, 0) is 0 Å². The summed E-state index contributed by atoms with van der Waals surface area (Å²) in [4.78, 5) is 0. The van der Waals surface area contributed by atoms with Crippen molar-refractivity contribution in [3.05, 3.63) is 0 Å². The van der Waals surface area contributed by atoms with Crippen LogP contribution in [-0.4, -0.2) is 33.3 Å². The average molecular weight is 263 g/mol. The molecule has 0 amide bonds. The zero-order valence-electron chi connectivity index (χ0n) is 5.23. The molecule has 0 radical (unpaired) electrons. The number of nitrogens with zero attached hydrogens (tertiary/aromatic N) is 1. The predicted octanol–water partition coefficient (Wildman–Crippen LogP) is 1.04. The van der Waals surface area contributed by atoms with Crippen LogP contribution in [0.25, 0.3) is 0 Å². The van der Waals surface area contributed by atoms with Gasteiger partial charge in [-0.15, -0.1) is 0 Å². The summed E-state index contributed by atoms with van der Waals surface area (Å²) >= 11 is 1.81. The molecule has 0 aromatic carbocycles. The van der Waals surface area contributed by atoms with Crippen molar-refractivity contribution in [1.82, 2.24) is 3.11 Å². The van der Waals surface area contributed by atoms with Gasteiger partial charge in [0.1, 0.15) is 0 Å². The van der Waals surface area contributed by atoms with E-state index in [4.69, 9.17) is 5.11 Å². The molecule has 1 saturated heterocycles. The summed E-state index contributed by atoms with van der Waals surface area (Å²) in [5, 5.41) is 8.59. The largest absolute Gasteiger partial charge is 0.395 e. The van der Waals surface area contributed by atoms with E-state index in [1.54, 1.807) is 0 Å². The molecule has 5 heteroatoms. The smallest absolute Gasteiger partial charge is 0.263 e. The number of rotatable bonds is 1. The lowest BCUT2D eigenvalue weighted by molar-refractivity contribution is 0.0171. The van der Waals surface area contributed by atoms with Gasteiger partial charge in [0.25, 0.3) is 5.92 Å². The summed E-state index contributed by atoms with van der Waals surface area (Å²) in [5.41, 5.74) is 0. The Morgan fingerprint density at radius 2 is 2.30 bits per heavy atom. The van der Waals surface area contributed by atoms with Gasteiger partial charge in [0.05, 0.1) is 13.2 Å². The molecule has 1 fully saturated rings. The van der Waals surface area contributed by atoms with E-state index in [1.165, 1.54) is 3.11 Å². The van der Waals surface area contributed by atoms with Crippen LogP contribution in [0.5, 0.6) is 0 Å². The van der Waals surface area contributed by atoms with Crippen LogP contribution < -0.4 is 0 Å². The Morgan fingerprint density at radius 1 is 1.70 bits per heavy atom. The molecule has 1 unspecified atom stereocenters. The topological polar surface area (TPSA) is 23.5 Å². The molecule has 1 atom stereocenters. The van der Waals surface area contributed by atoms with Gasteiger partial charge in [-0.25, -0.2) is 11.9 Å². The molecule has 10 heavy (non-hydrogen) atoms. The van der Waals surface area contributed by atoms with Crippen LogP contribution >= 0.6 is 22.9 Å². The molecule has 1 rings (SSSR count). The fourth-order valence-electron chi connectivity index (χ4n) is 1.01. The zero-order chi connectivity index (χ0) is 7.78. The fourth-order valence-corrected chi connectivity index (χ4v) is 1.88. The highest BCUT2D eigenvalue weighted by Crippen LogP contribution is 2.33. The maximum atomic E-state index is 12.5. The van der Waals surface area contributed by atoms with Crippen molar-refractivity contribution in [1.29, 1.82) is 0 Å². The van der Waals surface area contributed by atoms with E-state index in [0.29, 0.717) is 0 Å². The summed E-state index contributed by atoms with van der Waals surface area (Å²) in [7, 11) is 0. The van der Waals surface area contributed by atoms with Crippen LogP contribution in [0.4, 0.5) is 8.78 Å². The van der Waals surface area contributed by atoms with Gasteiger partial charge in [0.15, 0.2) is 0 Å². The lowest BCUT2D eigenvalue weighted by Gasteiger charge is -2.11. The highest BCUT2D eigenvalue weighted by Gasteiger charge is 2.43. The first kappa shape index (κ1) is 8.61. The molecule has 2 nitrogen and oxygen atoms in total. The van der Waals surface area contributed by atoms with Crippen LogP contribution in [0.15, 0.2) is 0 Å². The van der Waals surface area contributed by atoms with E-state index in [9.17, 15) is 8.78 Å². The second-order valence-corrected chi connectivity index (χ2v) is 3.69. The number of alkyl halides is 2. The Kier molecular flexibility index (Phi) is 2.46. The Balaban J connectivity index is 2.52. The molecule has 0 saturated carbocycles. The monoisotopic (exact) mass is 263 g/mol. The van der Waals surface area contributed by atoms with Gasteiger partial charge in [-0.2, -0.15) is 0 Å². The van der Waals surface area contributed by atoms with Gasteiger partial charge in [-0.3, -0.25) is 0 Å². The number of hydrogen-bond donors (Lipinski definition) is 1. The summed E-state index contributed by atoms with van der Waals surface area (Å²) in [6, 6.07) is -0.365. The highest BCUT2D eigenvalue weighted by atomic mass is 127. The van der Waals surface area contributed by atoms with Gasteiger partial charge in [0.2, 0.25) is 0 Å². The third-order valence-electron chi connectivity index (χ3n) is 1.52. The van der Waals surface area contributed by atoms with Gasteiger partial charge < -0.3 is 5.11 Å². The quantitative estimate of drug-likeness (QED) is 0.564. The minimum Gasteiger partial charge on any atom is -0.395 e. The summed E-state index contributed by atoms with van der Waals surface area (Å²) in [6.07, 6.45) is -0.216. The number of halogens is 3. The molecule has 0 spiro atoms. The summed E-state index contributed by atoms with van der Waals surface area (Å²) in [6.45, 7) is -0.419. The van der Waals surface area contributed by atoms with Crippen molar-refractivity contribution in [3.8, 4) is 0 Å². The molecule has 60 valence electrons. The van der Waals surface area contributed by atoms with Gasteiger partial charge in [-0.05, 0) is 0 Å². The maximum Gasteiger partial charge on any atom is 0.263 e. The zero-order valence-corrected chi connectivity index (χ0v) is 7.38. The Labute approximate surface area is 71.7 Å². The van der Waals surface area contributed by atoms with Crippen LogP contribution in [0.3, 0.4) is 0 Å². The lowest BCUT2D eigenvalue weighted by atomic mass is 10.2. The van der Waals surface area contributed by atoms with Gasteiger partial charge in [-0.1, -0.05) is 0 Å². The molecule has 0 bridgehead atoms. The molecule has 1 aliphatic heterocycles. The van der Waals surface area contributed by atoms with E-state index in [0.717, 1.165) is 0 Å². The Bertz CT molecular complexity index is 133. The Hall–Kier alpha value is 0.510.